The van der Waals surface area contributed by atoms with E-state index in [0.29, 0.717) is 18.9 Å². The zero-order valence-electron chi connectivity index (χ0n) is 10.6. The van der Waals surface area contributed by atoms with Gasteiger partial charge in [0.2, 0.25) is 0 Å². The van der Waals surface area contributed by atoms with Gasteiger partial charge in [0.05, 0.1) is 6.61 Å². The van der Waals surface area contributed by atoms with E-state index < -0.39 is 0 Å². The molecule has 0 aliphatic heterocycles. The molecule has 0 bridgehead atoms. The van der Waals surface area contributed by atoms with Crippen molar-refractivity contribution in [1.82, 2.24) is 0 Å². The second kappa shape index (κ2) is 6.66. The highest BCUT2D eigenvalue weighted by atomic mass is 16.5. The largest absolute Gasteiger partial charge is 0.490 e. The fourth-order valence-corrected chi connectivity index (χ4v) is 1.66. The number of anilines is 1. The first-order valence-electron chi connectivity index (χ1n) is 6.09. The summed E-state index contributed by atoms with van der Waals surface area (Å²) in [5.74, 6) is 1.45. The number of benzene rings is 2. The fraction of sp³-hybridized carbons (Fsp3) is 0.200. The van der Waals surface area contributed by atoms with Gasteiger partial charge in [-0.1, -0.05) is 18.2 Å². The maximum Gasteiger partial charge on any atom is 0.122 e. The van der Waals surface area contributed by atoms with E-state index in [1.54, 1.807) is 12.1 Å². The van der Waals surface area contributed by atoms with Crippen LogP contribution in [-0.4, -0.2) is 18.3 Å². The van der Waals surface area contributed by atoms with Crippen molar-refractivity contribution in [3.05, 3.63) is 54.1 Å². The molecule has 0 atom stereocenters. The Hall–Kier alpha value is -2.20. The molecule has 3 N–H and O–H groups in total. The third-order valence-electron chi connectivity index (χ3n) is 2.56. The molecular weight excluding hydrogens is 242 g/mol. The second-order valence-corrected chi connectivity index (χ2v) is 4.07. The summed E-state index contributed by atoms with van der Waals surface area (Å²) >= 11 is 0. The van der Waals surface area contributed by atoms with Gasteiger partial charge in [-0.15, -0.1) is 0 Å². The van der Waals surface area contributed by atoms with E-state index in [-0.39, 0.29) is 6.61 Å². The summed E-state index contributed by atoms with van der Waals surface area (Å²) in [7, 11) is 0. The van der Waals surface area contributed by atoms with Crippen molar-refractivity contribution in [3.8, 4) is 11.5 Å². The average molecular weight is 259 g/mol. The summed E-state index contributed by atoms with van der Waals surface area (Å²) < 4.78 is 11.0. The molecule has 19 heavy (non-hydrogen) atoms. The highest BCUT2D eigenvalue weighted by Gasteiger charge is 1.97. The molecule has 0 amide bonds. The molecule has 2 aromatic rings. The van der Waals surface area contributed by atoms with E-state index >= 15 is 0 Å². The molecule has 0 aromatic heterocycles. The topological polar surface area (TPSA) is 64.7 Å². The average Bonchev–Trinajstić information content (AvgIpc) is 2.44. The van der Waals surface area contributed by atoms with Crippen LogP contribution in [0.5, 0.6) is 11.5 Å². The lowest BCUT2D eigenvalue weighted by Crippen LogP contribution is -2.09. The highest BCUT2D eigenvalue weighted by molar-refractivity contribution is 5.43. The van der Waals surface area contributed by atoms with E-state index in [9.17, 15) is 0 Å². The van der Waals surface area contributed by atoms with Gasteiger partial charge in [-0.3, -0.25) is 0 Å². The number of hydrogen-bond donors (Lipinski definition) is 2. The lowest BCUT2D eigenvalue weighted by atomic mass is 10.2. The van der Waals surface area contributed by atoms with Crippen LogP contribution in [0.15, 0.2) is 48.5 Å². The predicted octanol–water partition coefficient (Wildman–Crippen LogP) is 2.22. The van der Waals surface area contributed by atoms with E-state index in [0.717, 1.165) is 17.1 Å². The highest BCUT2D eigenvalue weighted by Crippen LogP contribution is 2.15. The van der Waals surface area contributed by atoms with Crippen LogP contribution < -0.4 is 15.2 Å². The summed E-state index contributed by atoms with van der Waals surface area (Å²) in [6.07, 6.45) is 0. The molecule has 0 radical (unpaired) electrons. The monoisotopic (exact) mass is 259 g/mol. The van der Waals surface area contributed by atoms with Crippen LogP contribution in [0.2, 0.25) is 0 Å². The molecule has 0 unspecified atom stereocenters. The van der Waals surface area contributed by atoms with Crippen LogP contribution in [0, 0.1) is 0 Å². The summed E-state index contributed by atoms with van der Waals surface area (Å²) in [5, 5.41) is 9.02. The quantitative estimate of drug-likeness (QED) is 0.616. The molecule has 0 fully saturated rings. The Labute approximate surface area is 112 Å². The Morgan fingerprint density at radius 3 is 2.16 bits per heavy atom. The predicted molar refractivity (Wildman–Crippen MR) is 74.2 cm³/mol. The first-order valence-corrected chi connectivity index (χ1v) is 6.09. The van der Waals surface area contributed by atoms with Gasteiger partial charge in [-0.05, 0) is 29.8 Å². The van der Waals surface area contributed by atoms with Crippen LogP contribution in [-0.2, 0) is 6.61 Å². The Kier molecular flexibility index (Phi) is 4.64. The smallest absolute Gasteiger partial charge is 0.122 e. The number of rotatable bonds is 6. The zero-order chi connectivity index (χ0) is 13.5. The summed E-state index contributed by atoms with van der Waals surface area (Å²) in [5.41, 5.74) is 7.15. The molecule has 0 aliphatic rings. The van der Waals surface area contributed by atoms with Crippen molar-refractivity contribution in [2.75, 3.05) is 18.9 Å². The van der Waals surface area contributed by atoms with Gasteiger partial charge in [-0.2, -0.15) is 0 Å². The standard InChI is InChI=1S/C15H17NO3/c16-13-4-2-6-15(10-13)19-8-7-18-14-5-1-3-12(9-14)11-17/h1-6,9-10,17H,7-8,11,16H2. The molecule has 4 heteroatoms. The SMILES string of the molecule is Nc1cccc(OCCOc2cccc(CO)c2)c1. The third-order valence-corrected chi connectivity index (χ3v) is 2.56. The van der Waals surface area contributed by atoms with Gasteiger partial charge >= 0.3 is 0 Å². The van der Waals surface area contributed by atoms with E-state index in [1.807, 2.05) is 36.4 Å². The molecular formula is C15H17NO3. The van der Waals surface area contributed by atoms with Gasteiger partial charge in [0, 0.05) is 11.8 Å². The number of aliphatic hydroxyl groups excluding tert-OH is 1. The molecule has 2 rings (SSSR count). The number of aliphatic hydroxyl groups is 1. The van der Waals surface area contributed by atoms with E-state index in [1.165, 1.54) is 0 Å². The minimum absolute atomic E-state index is 0.0109. The van der Waals surface area contributed by atoms with Crippen molar-refractivity contribution >= 4 is 5.69 Å². The number of nitrogens with two attached hydrogens (primary N) is 1. The summed E-state index contributed by atoms with van der Waals surface area (Å²) in [4.78, 5) is 0. The Morgan fingerprint density at radius 1 is 0.895 bits per heavy atom. The van der Waals surface area contributed by atoms with Crippen molar-refractivity contribution in [1.29, 1.82) is 0 Å². The van der Waals surface area contributed by atoms with Crippen LogP contribution in [0.4, 0.5) is 5.69 Å². The number of hydrogen-bond acceptors (Lipinski definition) is 4. The summed E-state index contributed by atoms with van der Waals surface area (Å²) in [6.45, 7) is 0.882. The number of ether oxygens (including phenoxy) is 2. The molecule has 0 saturated carbocycles. The lowest BCUT2D eigenvalue weighted by molar-refractivity contribution is 0.216. The minimum Gasteiger partial charge on any atom is -0.490 e. The third kappa shape index (κ3) is 4.19. The van der Waals surface area contributed by atoms with Crippen LogP contribution in [0.1, 0.15) is 5.56 Å². The normalized spacial score (nSPS) is 10.2. The van der Waals surface area contributed by atoms with Crippen molar-refractivity contribution in [2.45, 2.75) is 6.61 Å². The van der Waals surface area contributed by atoms with E-state index in [4.69, 9.17) is 20.3 Å². The molecule has 0 saturated heterocycles. The van der Waals surface area contributed by atoms with Gasteiger partial charge in [0.15, 0.2) is 0 Å². The number of nitrogen functional groups attached to an aromatic ring is 1. The molecule has 0 spiro atoms. The molecule has 0 heterocycles. The minimum atomic E-state index is 0.0109. The van der Waals surface area contributed by atoms with Crippen molar-refractivity contribution < 1.29 is 14.6 Å². The molecule has 2 aromatic carbocycles. The Morgan fingerprint density at radius 2 is 1.53 bits per heavy atom. The summed E-state index contributed by atoms with van der Waals surface area (Å²) in [6, 6.07) is 14.6. The van der Waals surface area contributed by atoms with Crippen molar-refractivity contribution in [3.63, 3.8) is 0 Å². The fourth-order valence-electron chi connectivity index (χ4n) is 1.66. The Balaban J connectivity index is 1.77. The zero-order valence-corrected chi connectivity index (χ0v) is 10.6. The maximum absolute atomic E-state index is 9.02. The van der Waals surface area contributed by atoms with Crippen LogP contribution >= 0.6 is 0 Å². The second-order valence-electron chi connectivity index (χ2n) is 4.07. The van der Waals surface area contributed by atoms with Crippen molar-refractivity contribution in [2.24, 2.45) is 0 Å². The lowest BCUT2D eigenvalue weighted by Gasteiger charge is -2.09. The van der Waals surface area contributed by atoms with E-state index in [2.05, 4.69) is 0 Å². The first-order chi connectivity index (χ1) is 9.28. The van der Waals surface area contributed by atoms with Crippen LogP contribution in [0.3, 0.4) is 0 Å². The maximum atomic E-state index is 9.02. The molecule has 4 nitrogen and oxygen atoms in total. The molecule has 0 aliphatic carbocycles. The van der Waals surface area contributed by atoms with Gasteiger partial charge in [0.1, 0.15) is 24.7 Å². The van der Waals surface area contributed by atoms with Gasteiger partial charge < -0.3 is 20.3 Å². The van der Waals surface area contributed by atoms with Gasteiger partial charge in [0.25, 0.3) is 0 Å². The Bertz CT molecular complexity index is 528. The van der Waals surface area contributed by atoms with Gasteiger partial charge in [-0.25, -0.2) is 0 Å². The van der Waals surface area contributed by atoms with Crippen LogP contribution in [0.25, 0.3) is 0 Å². The molecule has 100 valence electrons. The first kappa shape index (κ1) is 13.2.